The van der Waals surface area contributed by atoms with Gasteiger partial charge in [0.05, 0.1) is 17.6 Å². The number of nitrogens with zero attached hydrogens (tertiary/aromatic N) is 3. The minimum absolute atomic E-state index is 0. The molecule has 0 bridgehead atoms. The maximum Gasteiger partial charge on any atom is 0.203 e. The molecule has 28 heavy (non-hydrogen) atoms. The second-order valence-corrected chi connectivity index (χ2v) is 7.36. The summed E-state index contributed by atoms with van der Waals surface area (Å²) >= 11 is 3.43. The van der Waals surface area contributed by atoms with Crippen LogP contribution in [0.4, 0.5) is 0 Å². The van der Waals surface area contributed by atoms with Crippen LogP contribution in [0.3, 0.4) is 0 Å². The van der Waals surface area contributed by atoms with Gasteiger partial charge in [0, 0.05) is 17.6 Å². The Morgan fingerprint density at radius 3 is 2.07 bits per heavy atom. The van der Waals surface area contributed by atoms with Gasteiger partial charge in [-0.05, 0) is 49.5 Å². The summed E-state index contributed by atoms with van der Waals surface area (Å²) in [6.45, 7) is 9.37. The number of para-hydroxylation sites is 2. The van der Waals surface area contributed by atoms with Crippen molar-refractivity contribution in [3.8, 4) is 5.75 Å². The first-order valence-corrected chi connectivity index (χ1v) is 10.3. The molecule has 0 atom stereocenters. The van der Waals surface area contributed by atoms with Crippen molar-refractivity contribution in [1.29, 1.82) is 5.41 Å². The van der Waals surface area contributed by atoms with Gasteiger partial charge in [-0.25, -0.2) is 0 Å². The van der Waals surface area contributed by atoms with Crippen LogP contribution >= 0.6 is 32.9 Å². The lowest BCUT2D eigenvalue weighted by Crippen LogP contribution is -2.32. The third kappa shape index (κ3) is 5.27. The second-order valence-electron chi connectivity index (χ2n) is 6.44. The number of ether oxygens (including phenoxy) is 1. The minimum atomic E-state index is 0. The molecule has 0 fully saturated rings. The fourth-order valence-electron chi connectivity index (χ4n) is 3.31. The van der Waals surface area contributed by atoms with E-state index in [4.69, 9.17) is 10.1 Å². The van der Waals surface area contributed by atoms with Gasteiger partial charge in [-0.15, -0.1) is 17.0 Å². The summed E-state index contributed by atoms with van der Waals surface area (Å²) in [6.07, 6.45) is 0. The molecule has 152 valence electrons. The average molecular weight is 512 g/mol. The number of imidazole rings is 1. The Balaban J connectivity index is 0.00000280. The Morgan fingerprint density at radius 1 is 0.929 bits per heavy atom. The van der Waals surface area contributed by atoms with Crippen LogP contribution in [0.25, 0.3) is 11.0 Å². The van der Waals surface area contributed by atoms with E-state index >= 15 is 0 Å². The monoisotopic (exact) mass is 510 g/mol. The number of nitrogens with one attached hydrogen (secondary N) is 1. The summed E-state index contributed by atoms with van der Waals surface area (Å²) in [4.78, 5) is 2.38. The van der Waals surface area contributed by atoms with Gasteiger partial charge in [-0.2, -0.15) is 0 Å². The highest BCUT2D eigenvalue weighted by Crippen LogP contribution is 2.17. The summed E-state index contributed by atoms with van der Waals surface area (Å²) in [5, 5.41) is 8.69. The van der Waals surface area contributed by atoms with E-state index in [1.165, 1.54) is 0 Å². The van der Waals surface area contributed by atoms with E-state index in [0.717, 1.165) is 47.4 Å². The molecule has 2 aromatic carbocycles. The summed E-state index contributed by atoms with van der Waals surface area (Å²) in [6, 6.07) is 16.1. The molecule has 0 aliphatic heterocycles. The fourth-order valence-corrected chi connectivity index (χ4v) is 3.58. The third-order valence-corrected chi connectivity index (χ3v) is 5.43. The second kappa shape index (κ2) is 10.8. The largest absolute Gasteiger partial charge is 0.492 e. The van der Waals surface area contributed by atoms with Gasteiger partial charge in [0.2, 0.25) is 5.62 Å². The molecule has 0 aliphatic rings. The molecule has 1 heterocycles. The molecular formula is C21H28Br2N4O. The predicted octanol–water partition coefficient (Wildman–Crippen LogP) is 4.68. The average Bonchev–Trinajstić information content (AvgIpc) is 2.96. The summed E-state index contributed by atoms with van der Waals surface area (Å²) in [5.41, 5.74) is 2.72. The van der Waals surface area contributed by atoms with Crippen LogP contribution in [0.5, 0.6) is 5.75 Å². The Morgan fingerprint density at radius 2 is 1.50 bits per heavy atom. The summed E-state index contributed by atoms with van der Waals surface area (Å²) in [7, 11) is 0. The molecule has 5 nitrogen and oxygen atoms in total. The van der Waals surface area contributed by atoms with Crippen LogP contribution in [0, 0.1) is 5.41 Å². The molecule has 0 saturated carbocycles. The van der Waals surface area contributed by atoms with Crippen molar-refractivity contribution in [2.45, 2.75) is 26.9 Å². The maximum atomic E-state index is 8.69. The lowest BCUT2D eigenvalue weighted by atomic mass is 10.3. The number of hydrogen-bond acceptors (Lipinski definition) is 3. The smallest absolute Gasteiger partial charge is 0.203 e. The van der Waals surface area contributed by atoms with E-state index in [0.29, 0.717) is 18.8 Å². The quantitative estimate of drug-likeness (QED) is 0.453. The van der Waals surface area contributed by atoms with E-state index < -0.39 is 0 Å². The Bertz CT molecular complexity index is 930. The predicted molar refractivity (Wildman–Crippen MR) is 124 cm³/mol. The van der Waals surface area contributed by atoms with Crippen LogP contribution in [0.2, 0.25) is 0 Å². The van der Waals surface area contributed by atoms with Crippen molar-refractivity contribution in [1.82, 2.24) is 14.0 Å². The summed E-state index contributed by atoms with van der Waals surface area (Å²) in [5.74, 6) is 0.843. The lowest BCUT2D eigenvalue weighted by Gasteiger charge is -2.18. The lowest BCUT2D eigenvalue weighted by molar-refractivity contribution is 0.284. The van der Waals surface area contributed by atoms with Crippen molar-refractivity contribution < 1.29 is 4.74 Å². The van der Waals surface area contributed by atoms with E-state index in [9.17, 15) is 0 Å². The third-order valence-electron chi connectivity index (χ3n) is 4.91. The zero-order valence-electron chi connectivity index (χ0n) is 16.4. The molecule has 0 aliphatic carbocycles. The van der Waals surface area contributed by atoms with Gasteiger partial charge in [0.25, 0.3) is 0 Å². The zero-order valence-corrected chi connectivity index (χ0v) is 19.7. The molecule has 1 N–H and O–H groups in total. The van der Waals surface area contributed by atoms with Crippen LogP contribution in [0.1, 0.15) is 13.8 Å². The van der Waals surface area contributed by atoms with Crippen LogP contribution < -0.4 is 10.4 Å². The maximum absolute atomic E-state index is 8.69. The first-order valence-electron chi connectivity index (χ1n) is 9.47. The topological polar surface area (TPSA) is 46.2 Å². The first-order chi connectivity index (χ1) is 13.1. The van der Waals surface area contributed by atoms with Gasteiger partial charge in [-0.3, -0.25) is 5.41 Å². The van der Waals surface area contributed by atoms with E-state index in [1.54, 1.807) is 0 Å². The molecular weight excluding hydrogens is 484 g/mol. The molecule has 0 spiro atoms. The van der Waals surface area contributed by atoms with E-state index in [-0.39, 0.29) is 17.0 Å². The van der Waals surface area contributed by atoms with E-state index in [2.05, 4.69) is 51.4 Å². The molecule has 7 heteroatoms. The number of benzene rings is 2. The zero-order chi connectivity index (χ0) is 19.2. The van der Waals surface area contributed by atoms with Crippen molar-refractivity contribution in [2.24, 2.45) is 0 Å². The standard InChI is InChI=1S/C21H27BrN4O.BrH/c1-3-24(4-2)13-14-25-19-7-5-6-8-20(19)26(21(25)23)15-16-27-18-11-9-17(22)10-12-18;/h5-12,23H,3-4,13-16H2,1-2H3;1H. The number of likely N-dealkylation sites (N-methyl/N-ethyl adjacent to an activating group) is 1. The number of rotatable bonds is 9. The van der Waals surface area contributed by atoms with Crippen molar-refractivity contribution >= 4 is 43.9 Å². The van der Waals surface area contributed by atoms with E-state index in [1.807, 2.05) is 41.0 Å². The molecule has 0 radical (unpaired) electrons. The molecule has 0 saturated heterocycles. The molecule has 3 aromatic rings. The van der Waals surface area contributed by atoms with Gasteiger partial charge >= 0.3 is 0 Å². The number of aromatic nitrogens is 2. The van der Waals surface area contributed by atoms with Crippen LogP contribution in [-0.4, -0.2) is 40.3 Å². The Hall–Kier alpha value is -1.57. The van der Waals surface area contributed by atoms with Crippen molar-refractivity contribution in [3.05, 3.63) is 58.6 Å². The minimum Gasteiger partial charge on any atom is -0.492 e. The number of hydrogen-bond donors (Lipinski definition) is 1. The summed E-state index contributed by atoms with van der Waals surface area (Å²) < 4.78 is 11.0. The SMILES string of the molecule is Br.CCN(CC)CCn1c(=N)n(CCOc2ccc(Br)cc2)c2ccccc21. The van der Waals surface area contributed by atoms with Crippen LogP contribution in [0.15, 0.2) is 53.0 Å². The number of fused-ring (bicyclic) bond motifs is 1. The molecule has 1 aromatic heterocycles. The molecule has 3 rings (SSSR count). The fraction of sp³-hybridized carbons (Fsp3) is 0.381. The molecule has 0 amide bonds. The highest BCUT2D eigenvalue weighted by molar-refractivity contribution is 9.10. The first kappa shape index (κ1) is 22.7. The number of halogens is 2. The highest BCUT2D eigenvalue weighted by Gasteiger charge is 2.11. The highest BCUT2D eigenvalue weighted by atomic mass is 79.9. The van der Waals surface area contributed by atoms with Gasteiger partial charge < -0.3 is 18.8 Å². The normalized spacial score (nSPS) is 11.0. The Kier molecular flexibility index (Phi) is 8.79. The van der Waals surface area contributed by atoms with Gasteiger partial charge in [0.15, 0.2) is 0 Å². The van der Waals surface area contributed by atoms with Gasteiger partial charge in [-0.1, -0.05) is 41.9 Å². The van der Waals surface area contributed by atoms with Crippen molar-refractivity contribution in [2.75, 3.05) is 26.2 Å². The molecule has 0 unspecified atom stereocenters. The van der Waals surface area contributed by atoms with Gasteiger partial charge in [0.1, 0.15) is 12.4 Å². The van der Waals surface area contributed by atoms with Crippen LogP contribution in [-0.2, 0) is 13.1 Å². The van der Waals surface area contributed by atoms with Crippen molar-refractivity contribution in [3.63, 3.8) is 0 Å². The Labute approximate surface area is 185 Å².